The topological polar surface area (TPSA) is 70.6 Å². The Bertz CT molecular complexity index is 632. The number of amidine groups is 1. The van der Waals surface area contributed by atoms with E-state index >= 15 is 0 Å². The second-order valence-corrected chi connectivity index (χ2v) is 5.31. The SMILES string of the molecule is NC(=NO)C(CNc1ccc(Cl)c(Cl)c1)c1ccccc1. The molecule has 2 rings (SSSR count). The first-order valence-electron chi connectivity index (χ1n) is 6.33. The van der Waals surface area contributed by atoms with E-state index in [0.717, 1.165) is 11.3 Å². The Balaban J connectivity index is 2.15. The number of anilines is 1. The number of hydrogen-bond acceptors (Lipinski definition) is 3. The fraction of sp³-hybridized carbons (Fsp3) is 0.133. The number of benzene rings is 2. The highest BCUT2D eigenvalue weighted by Gasteiger charge is 2.16. The third-order valence-corrected chi connectivity index (χ3v) is 3.84. The summed E-state index contributed by atoms with van der Waals surface area (Å²) in [5, 5.41) is 16.2. The van der Waals surface area contributed by atoms with Gasteiger partial charge in [0.15, 0.2) is 0 Å². The van der Waals surface area contributed by atoms with Crippen LogP contribution in [0.2, 0.25) is 10.0 Å². The molecule has 0 saturated carbocycles. The van der Waals surface area contributed by atoms with Crippen molar-refractivity contribution in [1.29, 1.82) is 0 Å². The smallest absolute Gasteiger partial charge is 0.148 e. The molecule has 0 spiro atoms. The van der Waals surface area contributed by atoms with Crippen molar-refractivity contribution in [2.75, 3.05) is 11.9 Å². The Hall–Kier alpha value is -1.91. The lowest BCUT2D eigenvalue weighted by atomic mass is 9.98. The maximum Gasteiger partial charge on any atom is 0.148 e. The summed E-state index contributed by atoms with van der Waals surface area (Å²) < 4.78 is 0. The van der Waals surface area contributed by atoms with Gasteiger partial charge in [0.25, 0.3) is 0 Å². The van der Waals surface area contributed by atoms with Crippen LogP contribution in [0.15, 0.2) is 53.7 Å². The quantitative estimate of drug-likeness (QED) is 0.338. The minimum atomic E-state index is -0.245. The van der Waals surface area contributed by atoms with Crippen LogP contribution < -0.4 is 11.1 Å². The zero-order chi connectivity index (χ0) is 15.2. The average Bonchev–Trinajstić information content (AvgIpc) is 2.51. The predicted octanol–water partition coefficient (Wildman–Crippen LogP) is 3.94. The molecule has 6 heteroatoms. The Morgan fingerprint density at radius 2 is 1.86 bits per heavy atom. The first-order chi connectivity index (χ1) is 10.1. The van der Waals surface area contributed by atoms with Gasteiger partial charge in [0.1, 0.15) is 5.84 Å². The van der Waals surface area contributed by atoms with Crippen LogP contribution in [0, 0.1) is 0 Å². The molecule has 0 heterocycles. The van der Waals surface area contributed by atoms with Crippen LogP contribution in [0.5, 0.6) is 0 Å². The van der Waals surface area contributed by atoms with Crippen molar-refractivity contribution in [3.63, 3.8) is 0 Å². The Morgan fingerprint density at radius 1 is 1.14 bits per heavy atom. The number of nitrogens with zero attached hydrogens (tertiary/aromatic N) is 1. The van der Waals surface area contributed by atoms with Crippen molar-refractivity contribution in [2.45, 2.75) is 5.92 Å². The van der Waals surface area contributed by atoms with E-state index in [1.807, 2.05) is 36.4 Å². The van der Waals surface area contributed by atoms with Gasteiger partial charge in [-0.15, -0.1) is 0 Å². The molecule has 0 amide bonds. The van der Waals surface area contributed by atoms with Gasteiger partial charge in [-0.05, 0) is 23.8 Å². The van der Waals surface area contributed by atoms with Crippen molar-refractivity contribution in [2.24, 2.45) is 10.9 Å². The van der Waals surface area contributed by atoms with E-state index in [1.165, 1.54) is 0 Å². The normalized spacial score (nSPS) is 13.0. The van der Waals surface area contributed by atoms with Crippen molar-refractivity contribution in [3.8, 4) is 0 Å². The van der Waals surface area contributed by atoms with E-state index in [4.69, 9.17) is 34.1 Å². The van der Waals surface area contributed by atoms with Gasteiger partial charge in [-0.25, -0.2) is 0 Å². The van der Waals surface area contributed by atoms with Gasteiger partial charge >= 0.3 is 0 Å². The molecule has 4 nitrogen and oxygen atoms in total. The van der Waals surface area contributed by atoms with Gasteiger partial charge in [0.05, 0.1) is 16.0 Å². The summed E-state index contributed by atoms with van der Waals surface area (Å²) in [6.07, 6.45) is 0. The number of oxime groups is 1. The first kappa shape index (κ1) is 15.5. The molecule has 4 N–H and O–H groups in total. The summed E-state index contributed by atoms with van der Waals surface area (Å²) in [7, 11) is 0. The zero-order valence-electron chi connectivity index (χ0n) is 11.1. The van der Waals surface area contributed by atoms with Gasteiger partial charge in [-0.1, -0.05) is 58.7 Å². The summed E-state index contributed by atoms with van der Waals surface area (Å²) in [6.45, 7) is 0.470. The number of nitrogens with one attached hydrogen (secondary N) is 1. The van der Waals surface area contributed by atoms with Crippen LogP contribution >= 0.6 is 23.2 Å². The first-order valence-corrected chi connectivity index (χ1v) is 7.08. The van der Waals surface area contributed by atoms with Gasteiger partial charge in [-0.2, -0.15) is 0 Å². The van der Waals surface area contributed by atoms with Gasteiger partial charge < -0.3 is 16.3 Å². The highest BCUT2D eigenvalue weighted by atomic mass is 35.5. The number of halogens is 2. The number of hydrogen-bond donors (Lipinski definition) is 3. The molecule has 110 valence electrons. The van der Waals surface area contributed by atoms with Gasteiger partial charge in [0, 0.05) is 12.2 Å². The monoisotopic (exact) mass is 323 g/mol. The van der Waals surface area contributed by atoms with Crippen LogP contribution in [-0.2, 0) is 0 Å². The lowest BCUT2D eigenvalue weighted by molar-refractivity contribution is 0.316. The molecule has 0 radical (unpaired) electrons. The summed E-state index contributed by atoms with van der Waals surface area (Å²) in [4.78, 5) is 0. The molecule has 0 bridgehead atoms. The molecule has 21 heavy (non-hydrogen) atoms. The second-order valence-electron chi connectivity index (χ2n) is 4.50. The molecule has 2 aromatic carbocycles. The molecule has 0 aliphatic heterocycles. The molecule has 0 aliphatic carbocycles. The van der Waals surface area contributed by atoms with E-state index in [-0.39, 0.29) is 11.8 Å². The summed E-state index contributed by atoms with van der Waals surface area (Å²) in [5.74, 6) is -0.0978. The molecular formula is C15H15Cl2N3O. The Labute approximate surface area is 133 Å². The lowest BCUT2D eigenvalue weighted by Gasteiger charge is -2.17. The minimum Gasteiger partial charge on any atom is -0.409 e. The van der Waals surface area contributed by atoms with Gasteiger partial charge in [0.2, 0.25) is 0 Å². The van der Waals surface area contributed by atoms with Crippen molar-refractivity contribution >= 4 is 34.7 Å². The predicted molar refractivity (Wildman–Crippen MR) is 87.5 cm³/mol. The standard InChI is InChI=1S/C15H15Cl2N3O/c16-13-7-6-11(8-14(13)17)19-9-12(15(18)20-21)10-4-2-1-3-5-10/h1-8,12,19,21H,9H2,(H2,18,20). The van der Waals surface area contributed by atoms with E-state index in [2.05, 4.69) is 10.5 Å². The highest BCUT2D eigenvalue weighted by molar-refractivity contribution is 6.42. The van der Waals surface area contributed by atoms with E-state index in [0.29, 0.717) is 16.6 Å². The zero-order valence-corrected chi connectivity index (χ0v) is 12.6. The van der Waals surface area contributed by atoms with Crippen LogP contribution in [0.3, 0.4) is 0 Å². The third-order valence-electron chi connectivity index (χ3n) is 3.10. The summed E-state index contributed by atoms with van der Waals surface area (Å²) in [6, 6.07) is 14.9. The van der Waals surface area contributed by atoms with Crippen LogP contribution in [0.25, 0.3) is 0 Å². The molecule has 0 fully saturated rings. The van der Waals surface area contributed by atoms with E-state index in [1.54, 1.807) is 12.1 Å². The van der Waals surface area contributed by atoms with E-state index < -0.39 is 0 Å². The molecule has 0 saturated heterocycles. The van der Waals surface area contributed by atoms with Gasteiger partial charge in [-0.3, -0.25) is 0 Å². The molecule has 1 atom stereocenters. The summed E-state index contributed by atoms with van der Waals surface area (Å²) in [5.41, 5.74) is 7.55. The van der Waals surface area contributed by atoms with Crippen LogP contribution in [0.1, 0.15) is 11.5 Å². The Kier molecular flexibility index (Phi) is 5.31. The molecule has 0 aliphatic rings. The second kappa shape index (κ2) is 7.20. The lowest BCUT2D eigenvalue weighted by Crippen LogP contribution is -2.28. The third kappa shape index (κ3) is 4.03. The maximum atomic E-state index is 8.94. The number of rotatable bonds is 5. The summed E-state index contributed by atoms with van der Waals surface area (Å²) >= 11 is 11.9. The fourth-order valence-corrected chi connectivity index (χ4v) is 2.27. The highest BCUT2D eigenvalue weighted by Crippen LogP contribution is 2.25. The van der Waals surface area contributed by atoms with Crippen LogP contribution in [0.4, 0.5) is 5.69 Å². The van der Waals surface area contributed by atoms with Crippen molar-refractivity contribution < 1.29 is 5.21 Å². The minimum absolute atomic E-state index is 0.147. The maximum absolute atomic E-state index is 8.94. The van der Waals surface area contributed by atoms with Crippen molar-refractivity contribution in [1.82, 2.24) is 0 Å². The number of nitrogens with two attached hydrogens (primary N) is 1. The Morgan fingerprint density at radius 3 is 2.48 bits per heavy atom. The van der Waals surface area contributed by atoms with E-state index in [9.17, 15) is 0 Å². The molecular weight excluding hydrogens is 309 g/mol. The largest absolute Gasteiger partial charge is 0.409 e. The molecule has 2 aromatic rings. The molecule has 1 unspecified atom stereocenters. The molecule has 0 aromatic heterocycles. The average molecular weight is 324 g/mol. The fourth-order valence-electron chi connectivity index (χ4n) is 1.97. The van der Waals surface area contributed by atoms with Crippen molar-refractivity contribution in [3.05, 3.63) is 64.1 Å². The van der Waals surface area contributed by atoms with Crippen LogP contribution in [-0.4, -0.2) is 17.6 Å².